The zero-order valence-corrected chi connectivity index (χ0v) is 13.4. The molecular formula is C13H12BrClN2OS. The van der Waals surface area contributed by atoms with E-state index in [4.69, 9.17) is 11.6 Å². The van der Waals surface area contributed by atoms with E-state index in [-0.39, 0.29) is 5.91 Å². The summed E-state index contributed by atoms with van der Waals surface area (Å²) >= 11 is 10.9. The second-order valence-electron chi connectivity index (χ2n) is 3.89. The number of rotatable bonds is 4. The number of benzene rings is 1. The van der Waals surface area contributed by atoms with Crippen molar-refractivity contribution >= 4 is 44.8 Å². The Labute approximate surface area is 129 Å². The van der Waals surface area contributed by atoms with Crippen molar-refractivity contribution < 1.29 is 4.79 Å². The summed E-state index contributed by atoms with van der Waals surface area (Å²) < 4.78 is 0.776. The maximum absolute atomic E-state index is 11.9. The Kier molecular flexibility index (Phi) is 4.96. The summed E-state index contributed by atoms with van der Waals surface area (Å²) in [6, 6.07) is 5.13. The van der Waals surface area contributed by atoms with E-state index in [1.165, 1.54) is 4.88 Å². The highest BCUT2D eigenvalue weighted by Gasteiger charge is 2.08. The van der Waals surface area contributed by atoms with Crippen LogP contribution in [0.4, 0.5) is 0 Å². The molecule has 1 amide bonds. The van der Waals surface area contributed by atoms with Crippen molar-refractivity contribution in [2.24, 2.45) is 0 Å². The van der Waals surface area contributed by atoms with Gasteiger partial charge in [0.2, 0.25) is 0 Å². The fraction of sp³-hybridized carbons (Fsp3) is 0.231. The van der Waals surface area contributed by atoms with Crippen LogP contribution in [0.2, 0.25) is 5.02 Å². The van der Waals surface area contributed by atoms with Crippen LogP contribution in [-0.4, -0.2) is 10.9 Å². The first-order chi connectivity index (χ1) is 9.10. The zero-order valence-electron chi connectivity index (χ0n) is 10.2. The number of aryl methyl sites for hydroxylation is 1. The molecule has 2 rings (SSSR count). The predicted molar refractivity (Wildman–Crippen MR) is 81.8 cm³/mol. The van der Waals surface area contributed by atoms with E-state index in [0.717, 1.165) is 15.9 Å². The van der Waals surface area contributed by atoms with Gasteiger partial charge < -0.3 is 5.32 Å². The van der Waals surface area contributed by atoms with Gasteiger partial charge in [-0.1, -0.05) is 18.5 Å². The van der Waals surface area contributed by atoms with Gasteiger partial charge in [-0.15, -0.1) is 11.3 Å². The maximum Gasteiger partial charge on any atom is 0.251 e. The number of aromatic nitrogens is 1. The quantitative estimate of drug-likeness (QED) is 0.894. The second kappa shape index (κ2) is 6.50. The Morgan fingerprint density at radius 3 is 2.95 bits per heavy atom. The van der Waals surface area contributed by atoms with Crippen molar-refractivity contribution in [3.63, 3.8) is 0 Å². The molecule has 0 saturated heterocycles. The molecule has 0 fully saturated rings. The number of carbonyl (C=O) groups is 1. The van der Waals surface area contributed by atoms with Gasteiger partial charge in [-0.2, -0.15) is 0 Å². The fourth-order valence-corrected chi connectivity index (χ4v) is 2.72. The Morgan fingerprint density at radius 1 is 1.53 bits per heavy atom. The molecule has 1 N–H and O–H groups in total. The molecule has 6 heteroatoms. The van der Waals surface area contributed by atoms with Crippen molar-refractivity contribution in [1.82, 2.24) is 10.3 Å². The van der Waals surface area contributed by atoms with Crippen molar-refractivity contribution in [2.75, 3.05) is 0 Å². The van der Waals surface area contributed by atoms with Crippen LogP contribution in [0.15, 0.2) is 28.9 Å². The van der Waals surface area contributed by atoms with Crippen LogP contribution in [0.1, 0.15) is 27.2 Å². The molecule has 100 valence electrons. The van der Waals surface area contributed by atoms with E-state index in [9.17, 15) is 4.79 Å². The average molecular weight is 360 g/mol. The minimum Gasteiger partial charge on any atom is -0.346 e. The van der Waals surface area contributed by atoms with E-state index in [1.807, 2.05) is 6.20 Å². The molecule has 19 heavy (non-hydrogen) atoms. The summed E-state index contributed by atoms with van der Waals surface area (Å²) in [5, 5.41) is 4.27. The largest absolute Gasteiger partial charge is 0.346 e. The molecule has 0 aliphatic carbocycles. The van der Waals surface area contributed by atoms with Crippen molar-refractivity contribution in [2.45, 2.75) is 19.9 Å². The SMILES string of the molecule is CCc1cnc(CNC(=O)c2ccc(Br)c(Cl)c2)s1. The van der Waals surface area contributed by atoms with Crippen LogP contribution in [0.5, 0.6) is 0 Å². The van der Waals surface area contributed by atoms with E-state index < -0.39 is 0 Å². The number of carbonyl (C=O) groups excluding carboxylic acids is 1. The molecule has 3 nitrogen and oxygen atoms in total. The Bertz CT molecular complexity index is 600. The number of nitrogens with one attached hydrogen (secondary N) is 1. The highest BCUT2D eigenvalue weighted by atomic mass is 79.9. The third kappa shape index (κ3) is 3.78. The minimum atomic E-state index is -0.150. The summed E-state index contributed by atoms with van der Waals surface area (Å²) in [6.07, 6.45) is 2.82. The summed E-state index contributed by atoms with van der Waals surface area (Å²) in [7, 11) is 0. The van der Waals surface area contributed by atoms with Crippen LogP contribution in [0.3, 0.4) is 0 Å². The third-order valence-corrected chi connectivity index (χ3v) is 4.91. The average Bonchev–Trinajstić information content (AvgIpc) is 2.87. The van der Waals surface area contributed by atoms with Crippen LogP contribution >= 0.6 is 38.9 Å². The monoisotopic (exact) mass is 358 g/mol. The van der Waals surface area contributed by atoms with Gasteiger partial charge in [-0.25, -0.2) is 4.98 Å². The van der Waals surface area contributed by atoms with Gasteiger partial charge in [0.05, 0.1) is 11.6 Å². The van der Waals surface area contributed by atoms with E-state index >= 15 is 0 Å². The molecule has 0 aliphatic heterocycles. The smallest absolute Gasteiger partial charge is 0.251 e. The summed E-state index contributed by atoms with van der Waals surface area (Å²) in [5.74, 6) is -0.150. The molecule has 1 aromatic heterocycles. The number of thiazole rings is 1. The van der Waals surface area contributed by atoms with Crippen molar-refractivity contribution in [3.05, 3.63) is 49.3 Å². The van der Waals surface area contributed by atoms with Gasteiger partial charge in [0, 0.05) is 21.1 Å². The summed E-state index contributed by atoms with van der Waals surface area (Å²) in [4.78, 5) is 17.4. The van der Waals surface area contributed by atoms with Crippen LogP contribution in [-0.2, 0) is 13.0 Å². The molecule has 0 unspecified atom stereocenters. The molecule has 1 heterocycles. The first-order valence-electron chi connectivity index (χ1n) is 5.77. The number of halogens is 2. The first kappa shape index (κ1) is 14.5. The van der Waals surface area contributed by atoms with Gasteiger partial charge in [-0.05, 0) is 40.5 Å². The molecule has 2 aromatic rings. The molecule has 0 bridgehead atoms. The van der Waals surface area contributed by atoms with Crippen LogP contribution in [0.25, 0.3) is 0 Å². The summed E-state index contributed by atoms with van der Waals surface area (Å²) in [5.41, 5.74) is 0.542. The van der Waals surface area contributed by atoms with Gasteiger partial charge >= 0.3 is 0 Å². The Balaban J connectivity index is 1.99. The molecule has 0 saturated carbocycles. The number of hydrogen-bond donors (Lipinski definition) is 1. The number of nitrogens with zero attached hydrogens (tertiary/aromatic N) is 1. The highest BCUT2D eigenvalue weighted by molar-refractivity contribution is 9.10. The first-order valence-corrected chi connectivity index (χ1v) is 7.75. The molecule has 0 atom stereocenters. The molecular weight excluding hydrogens is 348 g/mol. The van der Waals surface area contributed by atoms with Crippen molar-refractivity contribution in [3.8, 4) is 0 Å². The lowest BCUT2D eigenvalue weighted by Crippen LogP contribution is -2.22. The van der Waals surface area contributed by atoms with Gasteiger partial charge in [-0.3, -0.25) is 4.79 Å². The Hall–Kier alpha value is -0.910. The summed E-state index contributed by atoms with van der Waals surface area (Å²) in [6.45, 7) is 2.52. The van der Waals surface area contributed by atoms with Gasteiger partial charge in [0.25, 0.3) is 5.91 Å². The standard InChI is InChI=1S/C13H12BrClN2OS/c1-2-9-6-16-12(19-9)7-17-13(18)8-3-4-10(14)11(15)5-8/h3-6H,2,7H2,1H3,(H,17,18). The molecule has 1 aromatic carbocycles. The predicted octanol–water partition coefficient (Wildman–Crippen LogP) is 4.05. The fourth-order valence-electron chi connectivity index (χ4n) is 1.49. The zero-order chi connectivity index (χ0) is 13.8. The van der Waals surface area contributed by atoms with Crippen molar-refractivity contribution in [1.29, 1.82) is 0 Å². The van der Waals surface area contributed by atoms with Gasteiger partial charge in [0.1, 0.15) is 5.01 Å². The Morgan fingerprint density at radius 2 is 2.32 bits per heavy atom. The number of hydrogen-bond acceptors (Lipinski definition) is 3. The number of amides is 1. The lowest BCUT2D eigenvalue weighted by Gasteiger charge is -2.04. The van der Waals surface area contributed by atoms with Crippen LogP contribution in [0, 0.1) is 0 Å². The lowest BCUT2D eigenvalue weighted by molar-refractivity contribution is 0.0951. The minimum absolute atomic E-state index is 0.150. The molecule has 0 radical (unpaired) electrons. The van der Waals surface area contributed by atoms with Gasteiger partial charge in [0.15, 0.2) is 0 Å². The van der Waals surface area contributed by atoms with E-state index in [2.05, 4.69) is 33.2 Å². The third-order valence-electron chi connectivity index (χ3n) is 2.53. The normalized spacial score (nSPS) is 10.5. The van der Waals surface area contributed by atoms with Crippen LogP contribution < -0.4 is 5.32 Å². The molecule has 0 spiro atoms. The second-order valence-corrected chi connectivity index (χ2v) is 6.35. The molecule has 0 aliphatic rings. The van der Waals surface area contributed by atoms with E-state index in [0.29, 0.717) is 17.1 Å². The lowest BCUT2D eigenvalue weighted by atomic mass is 10.2. The topological polar surface area (TPSA) is 42.0 Å². The highest BCUT2D eigenvalue weighted by Crippen LogP contribution is 2.23. The maximum atomic E-state index is 11.9. The van der Waals surface area contributed by atoms with E-state index in [1.54, 1.807) is 29.5 Å².